The van der Waals surface area contributed by atoms with Crippen molar-refractivity contribution >= 4 is 6.03 Å². The van der Waals surface area contributed by atoms with E-state index < -0.39 is 0 Å². The van der Waals surface area contributed by atoms with Gasteiger partial charge in [-0.25, -0.2) is 4.79 Å². The van der Waals surface area contributed by atoms with Gasteiger partial charge in [-0.3, -0.25) is 0 Å². The maximum atomic E-state index is 11.8. The van der Waals surface area contributed by atoms with Gasteiger partial charge in [-0.1, -0.05) is 6.07 Å². The van der Waals surface area contributed by atoms with Crippen LogP contribution in [0.25, 0.3) is 0 Å². The maximum absolute atomic E-state index is 11.8. The number of carbonyl (C=O) groups is 1. The number of rotatable bonds is 4. The fourth-order valence-corrected chi connectivity index (χ4v) is 2.66. The molecule has 0 aromatic heterocycles. The van der Waals surface area contributed by atoms with Crippen molar-refractivity contribution in [3.05, 3.63) is 29.3 Å². The molecular weight excluding hydrogens is 244 g/mol. The molecule has 1 saturated heterocycles. The zero-order valence-electron chi connectivity index (χ0n) is 10.8. The van der Waals surface area contributed by atoms with Crippen molar-refractivity contribution in [1.82, 2.24) is 10.2 Å². The van der Waals surface area contributed by atoms with Gasteiger partial charge >= 0.3 is 6.03 Å². The van der Waals surface area contributed by atoms with Gasteiger partial charge in [-0.15, -0.1) is 0 Å². The first-order chi connectivity index (χ1) is 9.28. The number of nitrogens with zero attached hydrogens (tertiary/aromatic N) is 1. The molecule has 1 fully saturated rings. The van der Waals surface area contributed by atoms with E-state index in [-0.39, 0.29) is 18.7 Å². The van der Waals surface area contributed by atoms with E-state index >= 15 is 0 Å². The van der Waals surface area contributed by atoms with Crippen molar-refractivity contribution in [3.63, 3.8) is 0 Å². The highest BCUT2D eigenvalue weighted by Crippen LogP contribution is 2.29. The first kappa shape index (κ1) is 12.3. The predicted molar refractivity (Wildman–Crippen MR) is 70.2 cm³/mol. The van der Waals surface area contributed by atoms with E-state index in [1.165, 1.54) is 5.56 Å². The predicted octanol–water partition coefficient (Wildman–Crippen LogP) is 1.07. The molecule has 3 rings (SSSR count). The van der Waals surface area contributed by atoms with Gasteiger partial charge < -0.3 is 20.1 Å². The first-order valence-corrected chi connectivity index (χ1v) is 6.70. The Morgan fingerprint density at radius 3 is 3.21 bits per heavy atom. The van der Waals surface area contributed by atoms with Crippen LogP contribution in [0.1, 0.15) is 23.6 Å². The molecule has 2 aliphatic rings. The summed E-state index contributed by atoms with van der Waals surface area (Å²) >= 11 is 0. The summed E-state index contributed by atoms with van der Waals surface area (Å²) in [4.78, 5) is 13.6. The number of urea groups is 1. The van der Waals surface area contributed by atoms with Gasteiger partial charge in [-0.2, -0.15) is 0 Å². The summed E-state index contributed by atoms with van der Waals surface area (Å²) in [5, 5.41) is 11.8. The molecule has 0 bridgehead atoms. The summed E-state index contributed by atoms with van der Waals surface area (Å²) < 4.78 is 5.49. The Bertz CT molecular complexity index is 490. The van der Waals surface area contributed by atoms with E-state index in [0.29, 0.717) is 19.5 Å². The number of aliphatic hydroxyl groups is 1. The van der Waals surface area contributed by atoms with Crippen molar-refractivity contribution in [2.24, 2.45) is 0 Å². The summed E-state index contributed by atoms with van der Waals surface area (Å²) in [5.74, 6) is 0.963. The average molecular weight is 262 g/mol. The van der Waals surface area contributed by atoms with Crippen LogP contribution in [0.3, 0.4) is 0 Å². The van der Waals surface area contributed by atoms with Crippen molar-refractivity contribution in [3.8, 4) is 5.75 Å². The minimum Gasteiger partial charge on any atom is -0.493 e. The second kappa shape index (κ2) is 5.09. The highest BCUT2D eigenvalue weighted by atomic mass is 16.5. The SMILES string of the molecule is O=C1NC(c2ccc3c(c2)CCO3)CN1CCCO. The molecule has 0 radical (unpaired) electrons. The lowest BCUT2D eigenvalue weighted by atomic mass is 10.0. The number of hydrogen-bond acceptors (Lipinski definition) is 3. The van der Waals surface area contributed by atoms with Crippen LogP contribution in [0.15, 0.2) is 18.2 Å². The molecule has 102 valence electrons. The summed E-state index contributed by atoms with van der Waals surface area (Å²) in [7, 11) is 0. The van der Waals surface area contributed by atoms with Crippen LogP contribution in [-0.4, -0.2) is 42.3 Å². The quantitative estimate of drug-likeness (QED) is 0.853. The Morgan fingerprint density at radius 1 is 1.47 bits per heavy atom. The van der Waals surface area contributed by atoms with Gasteiger partial charge in [-0.05, 0) is 29.7 Å². The Labute approximate surface area is 112 Å². The number of carbonyl (C=O) groups excluding carboxylic acids is 1. The van der Waals surface area contributed by atoms with Gasteiger partial charge in [0.15, 0.2) is 0 Å². The van der Waals surface area contributed by atoms with E-state index in [4.69, 9.17) is 9.84 Å². The van der Waals surface area contributed by atoms with Crippen LogP contribution in [0.4, 0.5) is 4.79 Å². The third-order valence-electron chi connectivity index (χ3n) is 3.69. The number of hydrogen-bond donors (Lipinski definition) is 2. The van der Waals surface area contributed by atoms with E-state index in [1.807, 2.05) is 12.1 Å². The van der Waals surface area contributed by atoms with Gasteiger partial charge in [0, 0.05) is 26.1 Å². The number of aliphatic hydroxyl groups excluding tert-OH is 1. The topological polar surface area (TPSA) is 61.8 Å². The normalized spacial score (nSPS) is 21.2. The molecule has 1 aromatic carbocycles. The fourth-order valence-electron chi connectivity index (χ4n) is 2.66. The largest absolute Gasteiger partial charge is 0.493 e. The van der Waals surface area contributed by atoms with Crippen LogP contribution in [0.2, 0.25) is 0 Å². The Balaban J connectivity index is 1.71. The summed E-state index contributed by atoms with van der Waals surface area (Å²) in [6.45, 7) is 2.13. The molecule has 19 heavy (non-hydrogen) atoms. The lowest BCUT2D eigenvalue weighted by Gasteiger charge is -2.14. The monoisotopic (exact) mass is 262 g/mol. The highest BCUT2D eigenvalue weighted by Gasteiger charge is 2.29. The first-order valence-electron chi connectivity index (χ1n) is 6.70. The van der Waals surface area contributed by atoms with Crippen molar-refractivity contribution in [2.75, 3.05) is 26.3 Å². The van der Waals surface area contributed by atoms with Crippen molar-refractivity contribution in [2.45, 2.75) is 18.9 Å². The van der Waals surface area contributed by atoms with Crippen LogP contribution < -0.4 is 10.1 Å². The minimum absolute atomic E-state index is 0.0390. The van der Waals surface area contributed by atoms with Crippen LogP contribution in [0, 0.1) is 0 Å². The average Bonchev–Trinajstić information content (AvgIpc) is 3.02. The molecule has 1 aromatic rings. The van der Waals surface area contributed by atoms with E-state index in [2.05, 4.69) is 11.4 Å². The molecule has 2 amide bonds. The second-order valence-electron chi connectivity index (χ2n) is 4.99. The molecule has 5 heteroatoms. The fraction of sp³-hybridized carbons (Fsp3) is 0.500. The third kappa shape index (κ3) is 2.38. The lowest BCUT2D eigenvalue weighted by Crippen LogP contribution is -2.29. The van der Waals surface area contributed by atoms with Gasteiger partial charge in [0.25, 0.3) is 0 Å². The number of fused-ring (bicyclic) bond motifs is 1. The highest BCUT2D eigenvalue weighted by molar-refractivity contribution is 5.77. The van der Waals surface area contributed by atoms with Crippen LogP contribution in [0.5, 0.6) is 5.75 Å². The summed E-state index contributed by atoms with van der Waals surface area (Å²) in [6, 6.07) is 6.13. The summed E-state index contributed by atoms with van der Waals surface area (Å²) in [6.07, 6.45) is 1.57. The van der Waals surface area contributed by atoms with Crippen molar-refractivity contribution < 1.29 is 14.6 Å². The standard InChI is InChI=1S/C14H18N2O3/c17-6-1-5-16-9-12(15-14(16)18)10-2-3-13-11(8-10)4-7-19-13/h2-3,8,12,17H,1,4-7,9H2,(H,15,18). The minimum atomic E-state index is -0.0461. The number of ether oxygens (including phenoxy) is 1. The lowest BCUT2D eigenvalue weighted by molar-refractivity contribution is 0.209. The molecule has 2 aliphatic heterocycles. The number of nitrogens with one attached hydrogen (secondary N) is 1. The second-order valence-corrected chi connectivity index (χ2v) is 4.99. The molecule has 0 saturated carbocycles. The number of benzene rings is 1. The van der Waals surface area contributed by atoms with Crippen LogP contribution in [-0.2, 0) is 6.42 Å². The molecule has 2 heterocycles. The van der Waals surface area contributed by atoms with Crippen LogP contribution >= 0.6 is 0 Å². The third-order valence-corrected chi connectivity index (χ3v) is 3.69. The molecule has 0 aliphatic carbocycles. The Morgan fingerprint density at radius 2 is 2.37 bits per heavy atom. The van der Waals surface area contributed by atoms with E-state index in [1.54, 1.807) is 4.90 Å². The van der Waals surface area contributed by atoms with Gasteiger partial charge in [0.1, 0.15) is 5.75 Å². The smallest absolute Gasteiger partial charge is 0.318 e. The summed E-state index contributed by atoms with van der Waals surface area (Å²) in [5.41, 5.74) is 2.35. The maximum Gasteiger partial charge on any atom is 0.318 e. The Kier molecular flexibility index (Phi) is 3.29. The number of amides is 2. The zero-order chi connectivity index (χ0) is 13.2. The molecule has 5 nitrogen and oxygen atoms in total. The molecule has 1 unspecified atom stereocenters. The van der Waals surface area contributed by atoms with Gasteiger partial charge in [0.2, 0.25) is 0 Å². The molecule has 2 N–H and O–H groups in total. The Hall–Kier alpha value is -1.75. The van der Waals surface area contributed by atoms with E-state index in [0.717, 1.165) is 24.3 Å². The van der Waals surface area contributed by atoms with Crippen molar-refractivity contribution in [1.29, 1.82) is 0 Å². The van der Waals surface area contributed by atoms with E-state index in [9.17, 15) is 4.79 Å². The zero-order valence-corrected chi connectivity index (χ0v) is 10.8. The van der Waals surface area contributed by atoms with Gasteiger partial charge in [0.05, 0.1) is 12.6 Å². The molecule has 0 spiro atoms. The molecular formula is C14H18N2O3. The molecule has 1 atom stereocenters.